The van der Waals surface area contributed by atoms with Gasteiger partial charge < -0.3 is 4.90 Å². The molecular weight excluding hydrogens is 293 g/mol. The Morgan fingerprint density at radius 1 is 1.14 bits per heavy atom. The molecule has 116 valence electrons. The number of halogens is 3. The lowest BCUT2D eigenvalue weighted by Gasteiger charge is -2.23. The highest BCUT2D eigenvalue weighted by Crippen LogP contribution is 2.33. The van der Waals surface area contributed by atoms with Crippen molar-refractivity contribution in [3.8, 4) is 0 Å². The van der Waals surface area contributed by atoms with E-state index in [9.17, 15) is 18.0 Å². The van der Waals surface area contributed by atoms with Crippen molar-refractivity contribution in [3.63, 3.8) is 0 Å². The molecule has 6 heteroatoms. The van der Waals surface area contributed by atoms with E-state index in [0.29, 0.717) is 5.69 Å². The van der Waals surface area contributed by atoms with Crippen molar-refractivity contribution in [2.45, 2.75) is 20.0 Å². The molecule has 0 saturated carbocycles. The summed E-state index contributed by atoms with van der Waals surface area (Å²) in [6.07, 6.45) is -2.62. The van der Waals surface area contributed by atoms with E-state index in [2.05, 4.69) is 4.98 Å². The standard InChI is InChI=1S/C16H15F3N2O/c1-10-5-4-6-11(2)14(10)21(3)15(22)12-9-20-8-7-13(12)16(17,18)19/h4-9H,1-3H3. The van der Waals surface area contributed by atoms with Crippen molar-refractivity contribution < 1.29 is 18.0 Å². The van der Waals surface area contributed by atoms with Gasteiger partial charge in [0.05, 0.1) is 11.1 Å². The average molecular weight is 308 g/mol. The van der Waals surface area contributed by atoms with Gasteiger partial charge in [0, 0.05) is 25.1 Å². The quantitative estimate of drug-likeness (QED) is 0.840. The van der Waals surface area contributed by atoms with Crippen LogP contribution in [0.5, 0.6) is 0 Å². The third kappa shape index (κ3) is 2.95. The van der Waals surface area contributed by atoms with E-state index in [1.807, 2.05) is 6.07 Å². The number of hydrogen-bond acceptors (Lipinski definition) is 2. The summed E-state index contributed by atoms with van der Waals surface area (Å²) < 4.78 is 39.1. The number of para-hydroxylation sites is 1. The number of benzene rings is 1. The first-order chi connectivity index (χ1) is 10.2. The third-order valence-electron chi connectivity index (χ3n) is 3.44. The molecule has 1 aromatic heterocycles. The van der Waals surface area contributed by atoms with Crippen LogP contribution in [0.25, 0.3) is 0 Å². The smallest absolute Gasteiger partial charge is 0.311 e. The van der Waals surface area contributed by atoms with Gasteiger partial charge in [0.15, 0.2) is 0 Å². The third-order valence-corrected chi connectivity index (χ3v) is 3.44. The van der Waals surface area contributed by atoms with Crippen LogP contribution in [-0.4, -0.2) is 17.9 Å². The van der Waals surface area contributed by atoms with Gasteiger partial charge in [0.25, 0.3) is 5.91 Å². The minimum absolute atomic E-state index is 0.458. The highest BCUT2D eigenvalue weighted by Gasteiger charge is 2.36. The number of amides is 1. The van der Waals surface area contributed by atoms with Crippen LogP contribution in [0.3, 0.4) is 0 Å². The number of anilines is 1. The molecule has 1 amide bonds. The number of pyridine rings is 1. The van der Waals surface area contributed by atoms with E-state index in [0.717, 1.165) is 29.6 Å². The molecule has 0 atom stereocenters. The van der Waals surface area contributed by atoms with Gasteiger partial charge in [-0.25, -0.2) is 0 Å². The summed E-state index contributed by atoms with van der Waals surface area (Å²) in [4.78, 5) is 17.4. The van der Waals surface area contributed by atoms with Crippen LogP contribution in [0.1, 0.15) is 27.0 Å². The van der Waals surface area contributed by atoms with Crippen LogP contribution in [0.2, 0.25) is 0 Å². The highest BCUT2D eigenvalue weighted by atomic mass is 19.4. The summed E-state index contributed by atoms with van der Waals surface area (Å²) in [7, 11) is 1.46. The second-order valence-corrected chi connectivity index (χ2v) is 5.02. The lowest BCUT2D eigenvalue weighted by Crippen LogP contribution is -2.30. The number of carbonyl (C=O) groups excluding carboxylic acids is 1. The molecule has 0 bridgehead atoms. The van der Waals surface area contributed by atoms with Gasteiger partial charge in [-0.05, 0) is 31.0 Å². The number of hydrogen-bond donors (Lipinski definition) is 0. The Balaban J connectivity index is 2.49. The first-order valence-corrected chi connectivity index (χ1v) is 6.59. The van der Waals surface area contributed by atoms with Crippen molar-refractivity contribution in [2.75, 3.05) is 11.9 Å². The minimum Gasteiger partial charge on any atom is -0.311 e. The van der Waals surface area contributed by atoms with Crippen LogP contribution >= 0.6 is 0 Å². The van der Waals surface area contributed by atoms with Crippen LogP contribution in [0.4, 0.5) is 18.9 Å². The molecular formula is C16H15F3N2O. The van der Waals surface area contributed by atoms with E-state index in [4.69, 9.17) is 0 Å². The van der Waals surface area contributed by atoms with Gasteiger partial charge in [-0.1, -0.05) is 18.2 Å². The van der Waals surface area contributed by atoms with E-state index in [1.54, 1.807) is 26.0 Å². The first-order valence-electron chi connectivity index (χ1n) is 6.59. The Bertz CT molecular complexity index is 691. The van der Waals surface area contributed by atoms with Gasteiger partial charge in [0.2, 0.25) is 0 Å². The van der Waals surface area contributed by atoms with Crippen LogP contribution in [0.15, 0.2) is 36.7 Å². The largest absolute Gasteiger partial charge is 0.417 e. The van der Waals surface area contributed by atoms with Gasteiger partial charge in [-0.2, -0.15) is 13.2 Å². The number of aryl methyl sites for hydroxylation is 2. The Labute approximate surface area is 126 Å². The second kappa shape index (κ2) is 5.79. The molecule has 0 aliphatic carbocycles. The van der Waals surface area contributed by atoms with Gasteiger partial charge in [0.1, 0.15) is 0 Å². The number of nitrogens with zero attached hydrogens (tertiary/aromatic N) is 2. The molecule has 0 N–H and O–H groups in total. The molecule has 2 aromatic rings. The highest BCUT2D eigenvalue weighted by molar-refractivity contribution is 6.07. The summed E-state index contributed by atoms with van der Waals surface area (Å²) >= 11 is 0. The normalized spacial score (nSPS) is 11.4. The zero-order valence-corrected chi connectivity index (χ0v) is 12.4. The zero-order chi connectivity index (χ0) is 16.5. The maximum Gasteiger partial charge on any atom is 0.417 e. The fraction of sp³-hybridized carbons (Fsp3) is 0.250. The van der Waals surface area contributed by atoms with Crippen molar-refractivity contribution in [1.29, 1.82) is 0 Å². The molecule has 0 fully saturated rings. The van der Waals surface area contributed by atoms with Crippen molar-refractivity contribution in [1.82, 2.24) is 4.98 Å². The molecule has 0 aliphatic rings. The maximum absolute atomic E-state index is 13.0. The van der Waals surface area contributed by atoms with Gasteiger partial charge in [-0.3, -0.25) is 9.78 Å². The molecule has 0 spiro atoms. The van der Waals surface area contributed by atoms with Crippen molar-refractivity contribution in [3.05, 3.63) is 58.9 Å². The molecule has 0 saturated heterocycles. The fourth-order valence-corrected chi connectivity index (χ4v) is 2.43. The van der Waals surface area contributed by atoms with E-state index in [1.165, 1.54) is 11.9 Å². The topological polar surface area (TPSA) is 33.2 Å². The maximum atomic E-state index is 13.0. The Morgan fingerprint density at radius 2 is 1.73 bits per heavy atom. The summed E-state index contributed by atoms with van der Waals surface area (Å²) in [6, 6.07) is 6.25. The predicted octanol–water partition coefficient (Wildman–Crippen LogP) is 3.99. The molecule has 0 aliphatic heterocycles. The van der Waals surface area contributed by atoms with Gasteiger partial charge in [-0.15, -0.1) is 0 Å². The minimum atomic E-state index is -4.60. The summed E-state index contributed by atoms with van der Waals surface area (Å²) in [5.41, 5.74) is 0.789. The van der Waals surface area contributed by atoms with Crippen molar-refractivity contribution in [2.24, 2.45) is 0 Å². The van der Waals surface area contributed by atoms with E-state index < -0.39 is 23.2 Å². The summed E-state index contributed by atoms with van der Waals surface area (Å²) in [5.74, 6) is -0.738. The Morgan fingerprint density at radius 3 is 2.27 bits per heavy atom. The predicted molar refractivity (Wildman–Crippen MR) is 77.9 cm³/mol. The summed E-state index contributed by atoms with van der Waals surface area (Å²) in [5, 5.41) is 0. The van der Waals surface area contributed by atoms with E-state index in [-0.39, 0.29) is 0 Å². The molecule has 0 radical (unpaired) electrons. The molecule has 1 aromatic carbocycles. The van der Waals surface area contributed by atoms with Crippen LogP contribution in [0, 0.1) is 13.8 Å². The van der Waals surface area contributed by atoms with Crippen molar-refractivity contribution >= 4 is 11.6 Å². The average Bonchev–Trinajstić information content (AvgIpc) is 2.45. The van der Waals surface area contributed by atoms with Gasteiger partial charge >= 0.3 is 6.18 Å². The number of aromatic nitrogens is 1. The first kappa shape index (κ1) is 16.0. The lowest BCUT2D eigenvalue weighted by atomic mass is 10.1. The molecule has 2 rings (SSSR count). The number of alkyl halides is 3. The Kier molecular flexibility index (Phi) is 4.21. The fourth-order valence-electron chi connectivity index (χ4n) is 2.43. The Hall–Kier alpha value is -2.37. The number of rotatable bonds is 2. The summed E-state index contributed by atoms with van der Waals surface area (Å²) in [6.45, 7) is 3.61. The van der Waals surface area contributed by atoms with Crippen LogP contribution < -0.4 is 4.90 Å². The monoisotopic (exact) mass is 308 g/mol. The SMILES string of the molecule is Cc1cccc(C)c1N(C)C(=O)c1cnccc1C(F)(F)F. The lowest BCUT2D eigenvalue weighted by molar-refractivity contribution is -0.138. The molecule has 0 unspecified atom stereocenters. The zero-order valence-electron chi connectivity index (χ0n) is 12.4. The second-order valence-electron chi connectivity index (χ2n) is 5.02. The molecule has 22 heavy (non-hydrogen) atoms. The molecule has 1 heterocycles. The van der Waals surface area contributed by atoms with Crippen LogP contribution in [-0.2, 0) is 6.18 Å². The van der Waals surface area contributed by atoms with E-state index >= 15 is 0 Å². The number of carbonyl (C=O) groups is 1. The molecule has 3 nitrogen and oxygen atoms in total.